The Kier molecular flexibility index (Phi) is 7.26. The van der Waals surface area contributed by atoms with E-state index in [4.69, 9.17) is 9.47 Å². The van der Waals surface area contributed by atoms with Gasteiger partial charge in [0.25, 0.3) is 0 Å². The van der Waals surface area contributed by atoms with Crippen molar-refractivity contribution in [3.63, 3.8) is 0 Å². The van der Waals surface area contributed by atoms with E-state index in [0.717, 1.165) is 6.07 Å². The van der Waals surface area contributed by atoms with Crippen LogP contribution in [0.2, 0.25) is 0 Å². The first-order valence-corrected chi connectivity index (χ1v) is 8.94. The number of nitrogens with zero attached hydrogens (tertiary/aromatic N) is 2. The fourth-order valence-electron chi connectivity index (χ4n) is 2.09. The van der Waals surface area contributed by atoms with Crippen LogP contribution in [-0.2, 0) is 9.53 Å². The number of benzene rings is 1. The maximum absolute atomic E-state index is 12.4. The molecule has 0 saturated carbocycles. The van der Waals surface area contributed by atoms with Crippen LogP contribution >= 0.6 is 0 Å². The number of halogens is 3. The monoisotopic (exact) mass is 442 g/mol. The average Bonchev–Trinajstić information content (AvgIpc) is 2.62. The molecule has 1 heterocycles. The van der Waals surface area contributed by atoms with Crippen LogP contribution in [0.15, 0.2) is 30.6 Å². The van der Waals surface area contributed by atoms with Crippen LogP contribution in [0.25, 0.3) is 0 Å². The van der Waals surface area contributed by atoms with Crippen molar-refractivity contribution in [1.82, 2.24) is 15.3 Å². The quantitative estimate of drug-likeness (QED) is 0.697. The smallest absolute Gasteiger partial charge is 0.444 e. The zero-order valence-corrected chi connectivity index (χ0v) is 17.2. The van der Waals surface area contributed by atoms with Crippen molar-refractivity contribution in [2.45, 2.75) is 39.7 Å². The van der Waals surface area contributed by atoms with E-state index < -0.39 is 29.7 Å². The molecule has 0 spiro atoms. The van der Waals surface area contributed by atoms with E-state index in [1.807, 2.05) is 0 Å². The zero-order chi connectivity index (χ0) is 23.2. The predicted molar refractivity (Wildman–Crippen MR) is 103 cm³/mol. The Morgan fingerprint density at radius 1 is 1.10 bits per heavy atom. The Balaban J connectivity index is 1.91. The van der Waals surface area contributed by atoms with Gasteiger partial charge in [-0.3, -0.25) is 4.79 Å². The minimum Gasteiger partial charge on any atom is -0.444 e. The molecule has 0 saturated heterocycles. The molecule has 0 aliphatic heterocycles. The van der Waals surface area contributed by atoms with Crippen LogP contribution in [0.4, 0.5) is 23.7 Å². The highest BCUT2D eigenvalue weighted by Gasteiger charge is 2.32. The summed E-state index contributed by atoms with van der Waals surface area (Å²) in [6, 6.07) is 3.72. The second-order valence-corrected chi connectivity index (χ2v) is 7.24. The largest absolute Gasteiger partial charge is 0.573 e. The highest BCUT2D eigenvalue weighted by Crippen LogP contribution is 2.31. The van der Waals surface area contributed by atoms with Gasteiger partial charge in [-0.2, -0.15) is 0 Å². The lowest BCUT2D eigenvalue weighted by molar-refractivity contribution is -0.274. The molecule has 0 fully saturated rings. The van der Waals surface area contributed by atoms with Crippen LogP contribution in [0.3, 0.4) is 0 Å². The fourth-order valence-corrected chi connectivity index (χ4v) is 2.09. The van der Waals surface area contributed by atoms with E-state index in [1.54, 1.807) is 20.8 Å². The highest BCUT2D eigenvalue weighted by molar-refractivity contribution is 5.93. The number of hydrogen-bond donors (Lipinski definition) is 2. The minimum atomic E-state index is -4.84. The molecule has 168 valence electrons. The molecule has 0 aliphatic carbocycles. The number of carbonyl (C=O) groups excluding carboxylic acids is 2. The third-order valence-electron chi connectivity index (χ3n) is 3.30. The molecule has 31 heavy (non-hydrogen) atoms. The van der Waals surface area contributed by atoms with E-state index in [0.29, 0.717) is 0 Å². The lowest BCUT2D eigenvalue weighted by Gasteiger charge is -2.19. The molecule has 12 heteroatoms. The average molecular weight is 442 g/mol. The van der Waals surface area contributed by atoms with Crippen molar-refractivity contribution < 1.29 is 37.0 Å². The summed E-state index contributed by atoms with van der Waals surface area (Å²) in [6.07, 6.45) is -3.11. The maximum atomic E-state index is 12.4. The molecule has 1 aromatic heterocycles. The van der Waals surface area contributed by atoms with Gasteiger partial charge in [0.15, 0.2) is 0 Å². The van der Waals surface area contributed by atoms with Gasteiger partial charge in [-0.25, -0.2) is 14.8 Å². The van der Waals surface area contributed by atoms with E-state index in [9.17, 15) is 22.8 Å². The maximum Gasteiger partial charge on any atom is 0.573 e. The van der Waals surface area contributed by atoms with Gasteiger partial charge in [0.05, 0.1) is 18.1 Å². The number of nitrogens with one attached hydrogen (secondary N) is 2. The van der Waals surface area contributed by atoms with Gasteiger partial charge in [0.1, 0.15) is 23.6 Å². The molecular formula is C19H21F3N4O5. The van der Waals surface area contributed by atoms with Crippen molar-refractivity contribution in [2.24, 2.45) is 0 Å². The molecular weight excluding hydrogens is 421 g/mol. The summed E-state index contributed by atoms with van der Waals surface area (Å²) in [7, 11) is 0. The van der Waals surface area contributed by atoms with Gasteiger partial charge in [-0.15, -0.1) is 13.2 Å². The number of anilines is 1. The normalized spacial score (nSPS) is 11.5. The van der Waals surface area contributed by atoms with E-state index >= 15 is 0 Å². The SMILES string of the molecule is Cc1ccc(Oc2ncc(NC(=O)CNC(=O)OC(C)(C)C)cn2)cc1OC(F)(F)F. The Morgan fingerprint density at radius 2 is 1.74 bits per heavy atom. The van der Waals surface area contributed by atoms with E-state index in [1.165, 1.54) is 31.5 Å². The van der Waals surface area contributed by atoms with Gasteiger partial charge in [-0.1, -0.05) is 6.07 Å². The zero-order valence-electron chi connectivity index (χ0n) is 17.2. The third kappa shape index (κ3) is 8.76. The minimum absolute atomic E-state index is 0.0307. The number of aryl methyl sites for hydroxylation is 1. The first-order valence-electron chi connectivity index (χ1n) is 8.94. The third-order valence-corrected chi connectivity index (χ3v) is 3.30. The fraction of sp³-hybridized carbons (Fsp3) is 0.368. The van der Waals surface area contributed by atoms with Gasteiger partial charge in [-0.05, 0) is 39.3 Å². The van der Waals surface area contributed by atoms with Crippen LogP contribution in [0, 0.1) is 6.92 Å². The Labute approximate surface area is 175 Å². The topological polar surface area (TPSA) is 112 Å². The summed E-state index contributed by atoms with van der Waals surface area (Å²) < 4.78 is 51.6. The second kappa shape index (κ2) is 9.49. The van der Waals surface area contributed by atoms with Gasteiger partial charge < -0.3 is 24.8 Å². The van der Waals surface area contributed by atoms with Crippen LogP contribution in [-0.4, -0.2) is 40.5 Å². The van der Waals surface area contributed by atoms with Crippen molar-refractivity contribution in [3.05, 3.63) is 36.2 Å². The summed E-state index contributed by atoms with van der Waals surface area (Å²) in [5.41, 5.74) is -0.210. The summed E-state index contributed by atoms with van der Waals surface area (Å²) in [6.45, 7) is 6.19. The van der Waals surface area contributed by atoms with Crippen molar-refractivity contribution in [1.29, 1.82) is 0 Å². The number of alkyl carbamates (subject to hydrolysis) is 1. The number of hydrogen-bond acceptors (Lipinski definition) is 7. The second-order valence-electron chi connectivity index (χ2n) is 7.24. The predicted octanol–water partition coefficient (Wildman–Crippen LogP) is 3.94. The number of aromatic nitrogens is 2. The Morgan fingerprint density at radius 3 is 2.32 bits per heavy atom. The van der Waals surface area contributed by atoms with Crippen molar-refractivity contribution in [3.8, 4) is 17.5 Å². The summed E-state index contributed by atoms with van der Waals surface area (Å²) in [5, 5.41) is 4.76. The number of ether oxygens (including phenoxy) is 3. The van der Waals surface area contributed by atoms with Crippen LogP contribution in [0.5, 0.6) is 17.5 Å². The molecule has 2 N–H and O–H groups in total. The summed E-state index contributed by atoms with van der Waals surface area (Å²) >= 11 is 0. The highest BCUT2D eigenvalue weighted by atomic mass is 19.4. The standard InChI is InChI=1S/C19H21F3N4O5/c1-11-5-6-13(7-14(11)30-19(20,21)22)29-16-23-8-12(9-24-16)26-15(27)10-25-17(28)31-18(2,3)4/h5-9H,10H2,1-4H3,(H,25,28)(H,26,27). The number of rotatable bonds is 6. The molecule has 0 radical (unpaired) electrons. The number of amides is 2. The first kappa shape index (κ1) is 23.7. The molecule has 0 bridgehead atoms. The summed E-state index contributed by atoms with van der Waals surface area (Å²) in [4.78, 5) is 31.1. The van der Waals surface area contributed by atoms with E-state index in [-0.39, 0.29) is 29.6 Å². The lowest BCUT2D eigenvalue weighted by atomic mass is 10.2. The Bertz CT molecular complexity index is 928. The number of alkyl halides is 3. The molecule has 0 unspecified atom stereocenters. The van der Waals surface area contributed by atoms with Crippen molar-refractivity contribution >= 4 is 17.7 Å². The first-order chi connectivity index (χ1) is 14.3. The Hall–Kier alpha value is -3.57. The molecule has 1 aromatic carbocycles. The van der Waals surface area contributed by atoms with Gasteiger partial charge in [0, 0.05) is 6.07 Å². The van der Waals surface area contributed by atoms with Gasteiger partial charge >= 0.3 is 18.5 Å². The molecule has 2 rings (SSSR count). The molecule has 0 aliphatic rings. The molecule has 0 atom stereocenters. The molecule has 9 nitrogen and oxygen atoms in total. The summed E-state index contributed by atoms with van der Waals surface area (Å²) in [5.74, 6) is -0.926. The number of carbonyl (C=O) groups is 2. The van der Waals surface area contributed by atoms with E-state index in [2.05, 4.69) is 25.3 Å². The van der Waals surface area contributed by atoms with Crippen LogP contribution < -0.4 is 20.1 Å². The van der Waals surface area contributed by atoms with Crippen molar-refractivity contribution in [2.75, 3.05) is 11.9 Å². The molecule has 2 amide bonds. The lowest BCUT2D eigenvalue weighted by Crippen LogP contribution is -2.37. The van der Waals surface area contributed by atoms with Crippen LogP contribution in [0.1, 0.15) is 26.3 Å². The molecule has 2 aromatic rings. The van der Waals surface area contributed by atoms with Gasteiger partial charge in [0.2, 0.25) is 5.91 Å².